The highest BCUT2D eigenvalue weighted by Crippen LogP contribution is 2.02. The molecule has 17 heavy (non-hydrogen) atoms. The van der Waals surface area contributed by atoms with Crippen molar-refractivity contribution in [1.29, 1.82) is 0 Å². The molecule has 1 rings (SSSR count). The smallest absolute Gasteiger partial charge is 0.332 e. The van der Waals surface area contributed by atoms with E-state index in [2.05, 4.69) is 12.1 Å². The molecule has 0 radical (unpaired) electrons. The second-order valence-corrected chi connectivity index (χ2v) is 4.18. The summed E-state index contributed by atoms with van der Waals surface area (Å²) in [6.07, 6.45) is 1.81. The molecule has 0 unspecified atom stereocenters. The molecule has 0 amide bonds. The predicted molar refractivity (Wildman–Crippen MR) is 66.8 cm³/mol. The number of carbonyl (C=O) groups excluding carboxylic acids is 1. The molecule has 0 aliphatic carbocycles. The van der Waals surface area contributed by atoms with Gasteiger partial charge in [0.2, 0.25) is 0 Å². The zero-order chi connectivity index (χ0) is 12.5. The van der Waals surface area contributed by atoms with Crippen molar-refractivity contribution in [2.75, 3.05) is 13.2 Å². The monoisotopic (exact) mass is 236 g/mol. The third-order valence-corrected chi connectivity index (χ3v) is 2.18. The number of rotatable bonds is 7. The molecule has 0 aliphatic heterocycles. The minimum absolute atomic E-state index is 0.0486. The third-order valence-electron chi connectivity index (χ3n) is 2.18. The molecule has 1 aromatic rings. The number of benzene rings is 1. The fourth-order valence-corrected chi connectivity index (χ4v) is 1.48. The topological polar surface area (TPSA) is 35.5 Å². The Morgan fingerprint density at radius 2 is 1.94 bits per heavy atom. The van der Waals surface area contributed by atoms with Crippen molar-refractivity contribution in [3.63, 3.8) is 0 Å². The van der Waals surface area contributed by atoms with Gasteiger partial charge in [-0.25, -0.2) is 4.79 Å². The second-order valence-electron chi connectivity index (χ2n) is 4.18. The first-order valence-corrected chi connectivity index (χ1v) is 5.99. The van der Waals surface area contributed by atoms with Crippen LogP contribution in [-0.2, 0) is 20.7 Å². The van der Waals surface area contributed by atoms with Crippen LogP contribution < -0.4 is 0 Å². The van der Waals surface area contributed by atoms with E-state index in [-0.39, 0.29) is 18.7 Å². The summed E-state index contributed by atoms with van der Waals surface area (Å²) >= 11 is 0. The molecule has 0 fully saturated rings. The van der Waals surface area contributed by atoms with Gasteiger partial charge in [-0.2, -0.15) is 0 Å². The van der Waals surface area contributed by atoms with Crippen molar-refractivity contribution in [3.8, 4) is 0 Å². The molecule has 0 bridgehead atoms. The zero-order valence-electron chi connectivity index (χ0n) is 10.5. The predicted octanol–water partition coefficient (Wildman–Crippen LogP) is 2.59. The molecule has 3 heteroatoms. The lowest BCUT2D eigenvalue weighted by Gasteiger charge is -2.08. The van der Waals surface area contributed by atoms with Crippen molar-refractivity contribution in [2.45, 2.75) is 32.8 Å². The lowest BCUT2D eigenvalue weighted by atomic mass is 10.1. The first-order chi connectivity index (χ1) is 8.18. The van der Waals surface area contributed by atoms with E-state index in [1.807, 2.05) is 32.0 Å². The normalized spacial score (nSPS) is 10.5. The number of esters is 1. The van der Waals surface area contributed by atoms with Crippen molar-refractivity contribution >= 4 is 5.97 Å². The lowest BCUT2D eigenvalue weighted by molar-refractivity contribution is -0.152. The second kappa shape index (κ2) is 7.85. The van der Waals surface area contributed by atoms with Gasteiger partial charge in [-0.3, -0.25) is 0 Å². The molecule has 0 spiro atoms. The minimum atomic E-state index is -0.292. The van der Waals surface area contributed by atoms with Gasteiger partial charge in [0, 0.05) is 6.61 Å². The molecule has 0 atom stereocenters. The summed E-state index contributed by atoms with van der Waals surface area (Å²) in [6.45, 7) is 4.29. The first kappa shape index (κ1) is 13.7. The number of hydrogen-bond acceptors (Lipinski definition) is 3. The Morgan fingerprint density at radius 3 is 2.59 bits per heavy atom. The van der Waals surface area contributed by atoms with Crippen molar-refractivity contribution in [1.82, 2.24) is 0 Å². The van der Waals surface area contributed by atoms with Gasteiger partial charge in [0.05, 0.1) is 6.10 Å². The standard InChI is InChI=1S/C14H20O3/c1-12(2)17-14(15)11-16-10-6-9-13-7-4-3-5-8-13/h3-5,7-8,12H,6,9-11H2,1-2H3. The minimum Gasteiger partial charge on any atom is -0.461 e. The van der Waals surface area contributed by atoms with E-state index in [1.54, 1.807) is 0 Å². The van der Waals surface area contributed by atoms with Crippen LogP contribution in [0.15, 0.2) is 30.3 Å². The van der Waals surface area contributed by atoms with Crippen LogP contribution in [0.3, 0.4) is 0 Å². The number of hydrogen-bond donors (Lipinski definition) is 0. The molecule has 0 N–H and O–H groups in total. The van der Waals surface area contributed by atoms with E-state index in [0.29, 0.717) is 6.61 Å². The summed E-state index contributed by atoms with van der Waals surface area (Å²) in [6, 6.07) is 10.2. The van der Waals surface area contributed by atoms with Crippen LogP contribution in [0.1, 0.15) is 25.8 Å². The van der Waals surface area contributed by atoms with Crippen molar-refractivity contribution < 1.29 is 14.3 Å². The molecule has 0 heterocycles. The maximum atomic E-state index is 11.1. The highest BCUT2D eigenvalue weighted by Gasteiger charge is 2.04. The molecule has 3 nitrogen and oxygen atoms in total. The summed E-state index contributed by atoms with van der Waals surface area (Å²) in [7, 11) is 0. The van der Waals surface area contributed by atoms with E-state index in [0.717, 1.165) is 12.8 Å². The summed E-state index contributed by atoms with van der Waals surface area (Å²) in [5.74, 6) is -0.292. The maximum Gasteiger partial charge on any atom is 0.332 e. The SMILES string of the molecule is CC(C)OC(=O)COCCCc1ccccc1. The van der Waals surface area contributed by atoms with E-state index in [4.69, 9.17) is 9.47 Å². The van der Waals surface area contributed by atoms with Crippen molar-refractivity contribution in [2.24, 2.45) is 0 Å². The van der Waals surface area contributed by atoms with Gasteiger partial charge in [0.1, 0.15) is 6.61 Å². The van der Waals surface area contributed by atoms with Gasteiger partial charge < -0.3 is 9.47 Å². The van der Waals surface area contributed by atoms with Gasteiger partial charge in [-0.1, -0.05) is 30.3 Å². The lowest BCUT2D eigenvalue weighted by Crippen LogP contribution is -2.17. The summed E-state index contributed by atoms with van der Waals surface area (Å²) in [5, 5.41) is 0. The van der Waals surface area contributed by atoms with Gasteiger partial charge in [-0.15, -0.1) is 0 Å². The number of carbonyl (C=O) groups is 1. The Labute approximate surface area is 103 Å². The molecule has 0 saturated carbocycles. The first-order valence-electron chi connectivity index (χ1n) is 5.99. The highest BCUT2D eigenvalue weighted by molar-refractivity contribution is 5.70. The average Bonchev–Trinajstić information content (AvgIpc) is 2.29. The van der Waals surface area contributed by atoms with Crippen LogP contribution in [0.2, 0.25) is 0 Å². The Kier molecular flexibility index (Phi) is 6.33. The Hall–Kier alpha value is -1.35. The maximum absolute atomic E-state index is 11.1. The summed E-state index contributed by atoms with van der Waals surface area (Å²) < 4.78 is 10.2. The van der Waals surface area contributed by atoms with Crippen LogP contribution in [0.4, 0.5) is 0 Å². The van der Waals surface area contributed by atoms with Crippen LogP contribution in [0.5, 0.6) is 0 Å². The molecule has 0 aliphatic rings. The molecular weight excluding hydrogens is 216 g/mol. The number of ether oxygens (including phenoxy) is 2. The molecule has 0 aromatic heterocycles. The van der Waals surface area contributed by atoms with E-state index in [1.165, 1.54) is 5.56 Å². The molecular formula is C14H20O3. The Balaban J connectivity index is 2.03. The summed E-state index contributed by atoms with van der Waals surface area (Å²) in [4.78, 5) is 11.1. The zero-order valence-corrected chi connectivity index (χ0v) is 10.5. The third kappa shape index (κ3) is 6.74. The van der Waals surface area contributed by atoms with Crippen LogP contribution in [0.25, 0.3) is 0 Å². The van der Waals surface area contributed by atoms with Crippen LogP contribution in [0, 0.1) is 0 Å². The molecule has 94 valence electrons. The fourth-order valence-electron chi connectivity index (χ4n) is 1.48. The molecule has 0 saturated heterocycles. The fraction of sp³-hybridized carbons (Fsp3) is 0.500. The Morgan fingerprint density at radius 1 is 1.24 bits per heavy atom. The van der Waals surface area contributed by atoms with Crippen LogP contribution >= 0.6 is 0 Å². The Bertz CT molecular complexity index is 319. The van der Waals surface area contributed by atoms with Gasteiger partial charge in [-0.05, 0) is 32.3 Å². The van der Waals surface area contributed by atoms with E-state index in [9.17, 15) is 4.79 Å². The average molecular weight is 236 g/mol. The van der Waals surface area contributed by atoms with Crippen LogP contribution in [-0.4, -0.2) is 25.3 Å². The van der Waals surface area contributed by atoms with E-state index >= 15 is 0 Å². The van der Waals surface area contributed by atoms with E-state index < -0.39 is 0 Å². The number of aryl methyl sites for hydroxylation is 1. The van der Waals surface area contributed by atoms with Gasteiger partial charge in [0.25, 0.3) is 0 Å². The largest absolute Gasteiger partial charge is 0.461 e. The van der Waals surface area contributed by atoms with Crippen molar-refractivity contribution in [3.05, 3.63) is 35.9 Å². The quantitative estimate of drug-likeness (QED) is 0.539. The van der Waals surface area contributed by atoms with Gasteiger partial charge >= 0.3 is 5.97 Å². The highest BCUT2D eigenvalue weighted by atomic mass is 16.6. The summed E-state index contributed by atoms with van der Waals surface area (Å²) in [5.41, 5.74) is 1.29. The van der Waals surface area contributed by atoms with Gasteiger partial charge in [0.15, 0.2) is 0 Å². The molecule has 1 aromatic carbocycles.